The van der Waals surface area contributed by atoms with Crippen molar-refractivity contribution in [1.82, 2.24) is 9.62 Å². The molecule has 0 atom stereocenters. The number of hydrogen-bond donors (Lipinski definition) is 1. The average Bonchev–Trinajstić information content (AvgIpc) is 2.65. The zero-order chi connectivity index (χ0) is 18.4. The molecular formula is C19H24ClN3O2S. The maximum absolute atomic E-state index is 12.2. The van der Waals surface area contributed by atoms with E-state index in [9.17, 15) is 8.42 Å². The number of anilines is 1. The molecule has 0 saturated carbocycles. The summed E-state index contributed by atoms with van der Waals surface area (Å²) >= 11 is 5.83. The Hall–Kier alpha value is -1.60. The van der Waals surface area contributed by atoms with Crippen LogP contribution >= 0.6 is 11.6 Å². The molecule has 7 heteroatoms. The number of nitrogens with zero attached hydrogens (tertiary/aromatic N) is 2. The molecule has 1 N–H and O–H groups in total. The number of halogens is 1. The van der Waals surface area contributed by atoms with Crippen molar-refractivity contribution in [3.8, 4) is 0 Å². The van der Waals surface area contributed by atoms with Gasteiger partial charge in [0.2, 0.25) is 10.0 Å². The van der Waals surface area contributed by atoms with Crippen LogP contribution in [0.5, 0.6) is 0 Å². The van der Waals surface area contributed by atoms with E-state index in [0.29, 0.717) is 11.6 Å². The Labute approximate surface area is 160 Å². The smallest absolute Gasteiger partial charge is 0.215 e. The van der Waals surface area contributed by atoms with Crippen molar-refractivity contribution >= 4 is 27.3 Å². The minimum atomic E-state index is -3.33. The van der Waals surface area contributed by atoms with Crippen LogP contribution in [0.15, 0.2) is 54.6 Å². The second kappa shape index (κ2) is 8.86. The predicted molar refractivity (Wildman–Crippen MR) is 107 cm³/mol. The second-order valence-corrected chi connectivity index (χ2v) is 8.69. The van der Waals surface area contributed by atoms with E-state index < -0.39 is 10.0 Å². The first-order chi connectivity index (χ1) is 12.5. The molecule has 0 aliphatic carbocycles. The number of rotatable bonds is 7. The van der Waals surface area contributed by atoms with E-state index in [0.717, 1.165) is 38.3 Å². The monoisotopic (exact) mass is 393 g/mol. The molecule has 0 unspecified atom stereocenters. The number of piperazine rings is 1. The molecule has 0 amide bonds. The first-order valence-electron chi connectivity index (χ1n) is 8.76. The normalized spacial score (nSPS) is 16.0. The molecule has 0 aromatic heterocycles. The fraction of sp³-hybridized carbons (Fsp3) is 0.368. The summed E-state index contributed by atoms with van der Waals surface area (Å²) in [5.41, 5.74) is 1.98. The summed E-state index contributed by atoms with van der Waals surface area (Å²) in [7, 11) is -3.33. The molecule has 1 fully saturated rings. The molecule has 26 heavy (non-hydrogen) atoms. The van der Waals surface area contributed by atoms with Crippen LogP contribution in [0.3, 0.4) is 0 Å². The van der Waals surface area contributed by atoms with Crippen LogP contribution in [0.2, 0.25) is 5.02 Å². The van der Waals surface area contributed by atoms with E-state index >= 15 is 0 Å². The van der Waals surface area contributed by atoms with Crippen LogP contribution in [-0.4, -0.2) is 52.6 Å². The predicted octanol–water partition coefficient (Wildman–Crippen LogP) is 2.58. The van der Waals surface area contributed by atoms with Crippen molar-refractivity contribution in [2.45, 2.75) is 5.75 Å². The maximum Gasteiger partial charge on any atom is 0.215 e. The van der Waals surface area contributed by atoms with E-state index in [4.69, 9.17) is 11.6 Å². The van der Waals surface area contributed by atoms with Gasteiger partial charge in [-0.05, 0) is 29.8 Å². The molecule has 1 aliphatic heterocycles. The SMILES string of the molecule is O=S(=O)(Cc1ccc(Cl)cc1)NCCN1CCN(c2ccccc2)CC1. The number of para-hydroxylation sites is 1. The van der Waals surface area contributed by atoms with Gasteiger partial charge in [0.1, 0.15) is 0 Å². The quantitative estimate of drug-likeness (QED) is 0.785. The highest BCUT2D eigenvalue weighted by Crippen LogP contribution is 2.15. The van der Waals surface area contributed by atoms with Gasteiger partial charge in [-0.3, -0.25) is 4.90 Å². The van der Waals surface area contributed by atoms with Crippen LogP contribution in [0, 0.1) is 0 Å². The van der Waals surface area contributed by atoms with Crippen LogP contribution in [0.1, 0.15) is 5.56 Å². The molecule has 1 heterocycles. The number of nitrogens with one attached hydrogen (secondary N) is 1. The van der Waals surface area contributed by atoms with Gasteiger partial charge < -0.3 is 4.90 Å². The van der Waals surface area contributed by atoms with Crippen molar-refractivity contribution < 1.29 is 8.42 Å². The summed E-state index contributed by atoms with van der Waals surface area (Å²) in [6.45, 7) is 4.95. The Morgan fingerprint density at radius 1 is 0.923 bits per heavy atom. The van der Waals surface area contributed by atoms with Crippen LogP contribution in [-0.2, 0) is 15.8 Å². The summed E-state index contributed by atoms with van der Waals surface area (Å²) in [5.74, 6) is -0.0219. The minimum absolute atomic E-state index is 0.0219. The van der Waals surface area contributed by atoms with Crippen molar-refractivity contribution in [2.24, 2.45) is 0 Å². The molecule has 2 aromatic rings. The van der Waals surface area contributed by atoms with Crippen LogP contribution in [0.25, 0.3) is 0 Å². The summed E-state index contributed by atoms with van der Waals surface area (Å²) in [4.78, 5) is 4.66. The molecule has 140 valence electrons. The van der Waals surface area contributed by atoms with Gasteiger partial charge in [-0.15, -0.1) is 0 Å². The zero-order valence-corrected chi connectivity index (χ0v) is 16.2. The molecule has 5 nitrogen and oxygen atoms in total. The number of sulfonamides is 1. The lowest BCUT2D eigenvalue weighted by molar-refractivity contribution is 0.262. The summed E-state index contributed by atoms with van der Waals surface area (Å²) in [5, 5.41) is 0.605. The van der Waals surface area contributed by atoms with E-state index in [2.05, 4.69) is 38.8 Å². The van der Waals surface area contributed by atoms with Crippen molar-refractivity contribution in [2.75, 3.05) is 44.2 Å². The van der Waals surface area contributed by atoms with E-state index in [1.54, 1.807) is 24.3 Å². The maximum atomic E-state index is 12.2. The highest BCUT2D eigenvalue weighted by Gasteiger charge is 2.18. The Bertz CT molecular complexity index is 789. The lowest BCUT2D eigenvalue weighted by Crippen LogP contribution is -2.48. The fourth-order valence-corrected chi connectivity index (χ4v) is 4.34. The molecule has 2 aromatic carbocycles. The van der Waals surface area contributed by atoms with Gasteiger partial charge in [0.05, 0.1) is 5.75 Å². The lowest BCUT2D eigenvalue weighted by Gasteiger charge is -2.36. The molecule has 1 aliphatic rings. The Balaban J connectivity index is 1.40. The van der Waals surface area contributed by atoms with Crippen molar-refractivity contribution in [3.05, 3.63) is 65.2 Å². The standard InChI is InChI=1S/C19H24ClN3O2S/c20-18-8-6-17(7-9-18)16-26(24,25)21-10-11-22-12-14-23(15-13-22)19-4-2-1-3-5-19/h1-9,21H,10-16H2. The molecule has 0 spiro atoms. The fourth-order valence-electron chi connectivity index (χ4n) is 3.08. The summed E-state index contributed by atoms with van der Waals surface area (Å²) < 4.78 is 27.1. The van der Waals surface area contributed by atoms with Crippen LogP contribution in [0.4, 0.5) is 5.69 Å². The van der Waals surface area contributed by atoms with Gasteiger partial charge in [-0.2, -0.15) is 0 Å². The summed E-state index contributed by atoms with van der Waals surface area (Å²) in [6.07, 6.45) is 0. The lowest BCUT2D eigenvalue weighted by atomic mass is 10.2. The first kappa shape index (κ1) is 19.2. The third kappa shape index (κ3) is 5.71. The minimum Gasteiger partial charge on any atom is -0.369 e. The number of hydrogen-bond acceptors (Lipinski definition) is 4. The van der Waals surface area contributed by atoms with Gasteiger partial charge >= 0.3 is 0 Å². The largest absolute Gasteiger partial charge is 0.369 e. The highest BCUT2D eigenvalue weighted by atomic mass is 35.5. The zero-order valence-electron chi connectivity index (χ0n) is 14.6. The van der Waals surface area contributed by atoms with Crippen molar-refractivity contribution in [1.29, 1.82) is 0 Å². The van der Waals surface area contributed by atoms with Gasteiger partial charge in [-0.25, -0.2) is 13.1 Å². The Morgan fingerprint density at radius 3 is 2.23 bits per heavy atom. The first-order valence-corrected chi connectivity index (χ1v) is 10.8. The van der Waals surface area contributed by atoms with E-state index in [-0.39, 0.29) is 5.75 Å². The molecule has 0 radical (unpaired) electrons. The molecule has 0 bridgehead atoms. The topological polar surface area (TPSA) is 52.7 Å². The third-order valence-corrected chi connectivity index (χ3v) is 6.12. The Morgan fingerprint density at radius 2 is 1.58 bits per heavy atom. The van der Waals surface area contributed by atoms with Gasteiger partial charge in [-0.1, -0.05) is 41.9 Å². The summed E-state index contributed by atoms with van der Waals surface area (Å²) in [6, 6.07) is 17.3. The van der Waals surface area contributed by atoms with E-state index in [1.165, 1.54) is 5.69 Å². The van der Waals surface area contributed by atoms with Crippen molar-refractivity contribution in [3.63, 3.8) is 0 Å². The molecular weight excluding hydrogens is 370 g/mol. The Kier molecular flexibility index (Phi) is 6.53. The highest BCUT2D eigenvalue weighted by molar-refractivity contribution is 7.88. The molecule has 3 rings (SSSR count). The van der Waals surface area contributed by atoms with Gasteiger partial charge in [0.15, 0.2) is 0 Å². The average molecular weight is 394 g/mol. The van der Waals surface area contributed by atoms with E-state index in [1.807, 2.05) is 6.07 Å². The number of benzene rings is 2. The van der Waals surface area contributed by atoms with Gasteiger partial charge in [0, 0.05) is 50.0 Å². The van der Waals surface area contributed by atoms with Crippen LogP contribution < -0.4 is 9.62 Å². The molecule has 1 saturated heterocycles. The second-order valence-electron chi connectivity index (χ2n) is 6.44. The van der Waals surface area contributed by atoms with Gasteiger partial charge in [0.25, 0.3) is 0 Å². The third-order valence-electron chi connectivity index (χ3n) is 4.51.